The quantitative estimate of drug-likeness (QED) is 0.00673. The monoisotopic (exact) mass is 2040 g/mol. The van der Waals surface area contributed by atoms with E-state index in [4.69, 9.17) is 70.2 Å². The molecule has 2 unspecified atom stereocenters. The minimum absolute atomic E-state index is 0.0289. The molecule has 2 aliphatic heterocycles. The number of likely N-dealkylation sites (N-methyl/N-ethyl adjacent to an activating group) is 1. The zero-order chi connectivity index (χ0) is 103. The lowest BCUT2D eigenvalue weighted by atomic mass is 9.81. The van der Waals surface area contributed by atoms with Gasteiger partial charge < -0.3 is 44.9 Å². The highest BCUT2D eigenvalue weighted by molar-refractivity contribution is 7.80. The number of thiazole rings is 1. The van der Waals surface area contributed by atoms with Crippen molar-refractivity contribution in [3.63, 3.8) is 0 Å². The average molecular weight is 2040 g/mol. The van der Waals surface area contributed by atoms with Crippen LogP contribution in [0.25, 0.3) is 32.3 Å². The number of halogens is 4. The maximum Gasteiger partial charge on any atom is 0.397 e. The topological polar surface area (TPSA) is 344 Å². The standard InChI is InChI=1S/C40H42ClN7O4S.C39H40ClN5O6.C27H31Cl2N2.C2H6O4S/c1-24-13-18-34(25(2)20-24)52-19-9-12-36(49)42-26-14-16-29(41)31(21-26)44-38(51)28(37(50)40(3,4)5)23-48-33-22-27(15-17-30(33)45-46-48)43-39-47(6)32-10-7-8-11-35(32)53-39;1-24-13-18-34(25(2)20-24)50-19-9-12-35(46)41-27-15-16-30(40)32(22-27)42-37(48)29(36(47)39(3,4)5)23-45-33-21-26(14-17-31(33)43-44-45)38(49)51-28-10-7-6-8-11-28;1-7-30-22-14-12-18(28)16-20(22)26(3,4)24(30)10-9-11-25-27(5,6)21-17-19(29)13-15-23(21)31(25)8-2;1-2-6-7(3,4)5/h7-8,10-11,13-18,20-22,28H,9,12,19,23H2,1-6H3,(H,42,49)(H,44,51);6-8,10-11,13-18,20-22,29H,9,12,19,23H2,1-5H3,(H,41,46)(H,42,48);9-17H,7-8H2,1-6H3;2H2,1H3,(H,3,4,5)/q;;+1;. The molecule has 0 aliphatic carbocycles. The molecule has 0 saturated heterocycles. The fourth-order valence-electron chi connectivity index (χ4n) is 16.7. The number of rotatable bonds is 31. The Balaban J connectivity index is 0.000000189. The molecule has 142 heavy (non-hydrogen) atoms. The van der Waals surface area contributed by atoms with Crippen molar-refractivity contribution >= 4 is 187 Å². The molecule has 34 heteroatoms. The van der Waals surface area contributed by atoms with Crippen LogP contribution >= 0.6 is 57.7 Å². The van der Waals surface area contributed by atoms with Gasteiger partial charge in [0.2, 0.25) is 29.3 Å². The van der Waals surface area contributed by atoms with Gasteiger partial charge in [-0.2, -0.15) is 13.0 Å². The highest BCUT2D eigenvalue weighted by Gasteiger charge is 2.45. The summed E-state index contributed by atoms with van der Waals surface area (Å²) in [6, 6.07) is 61.0. The van der Waals surface area contributed by atoms with E-state index in [1.54, 1.807) is 136 Å². The fourth-order valence-corrected chi connectivity index (χ4v) is 18.7. The van der Waals surface area contributed by atoms with Crippen LogP contribution in [0.5, 0.6) is 17.2 Å². The number of carbonyl (C=O) groups is 7. The van der Waals surface area contributed by atoms with Gasteiger partial charge in [-0.05, 0) is 237 Å². The first-order valence-electron chi connectivity index (χ1n) is 46.6. The summed E-state index contributed by atoms with van der Waals surface area (Å²) in [6.45, 7) is 35.8. The second-order valence-electron chi connectivity index (χ2n) is 37.6. The Morgan fingerprint density at radius 1 is 0.570 bits per heavy atom. The van der Waals surface area contributed by atoms with Crippen molar-refractivity contribution < 1.29 is 69.5 Å². The lowest BCUT2D eigenvalue weighted by molar-refractivity contribution is -0.433. The molecule has 5 heterocycles. The number of ether oxygens (including phenoxy) is 3. The number of allylic oxidation sites excluding steroid dienone is 4. The molecule has 4 amide bonds. The van der Waals surface area contributed by atoms with Crippen LogP contribution in [-0.4, -0.2) is 132 Å². The largest absolute Gasteiger partial charge is 0.493 e. The Morgan fingerprint density at radius 2 is 1.08 bits per heavy atom. The van der Waals surface area contributed by atoms with Gasteiger partial charge in [-0.1, -0.05) is 195 Å². The number of aryl methyl sites for hydroxylation is 5. The summed E-state index contributed by atoms with van der Waals surface area (Å²) in [5, 5.41) is 30.3. The molecule has 2 aliphatic rings. The zero-order valence-electron chi connectivity index (χ0n) is 82.8. The molecule has 13 aromatic rings. The Hall–Kier alpha value is -13.0. The number of esters is 1. The molecular formula is C108H119Cl4N14O14S2+. The molecule has 10 aromatic carbocycles. The predicted octanol–water partition coefficient (Wildman–Crippen LogP) is 23.2. The number of carbonyl (C=O) groups excluding carboxylic acids is 7. The van der Waals surface area contributed by atoms with Crippen LogP contribution in [0, 0.1) is 50.4 Å². The van der Waals surface area contributed by atoms with Gasteiger partial charge in [-0.3, -0.25) is 33.3 Å². The summed E-state index contributed by atoms with van der Waals surface area (Å²) < 4.78 is 56.4. The number of anilines is 5. The van der Waals surface area contributed by atoms with E-state index in [9.17, 15) is 42.0 Å². The van der Waals surface area contributed by atoms with Crippen molar-refractivity contribution in [2.24, 2.45) is 34.7 Å². The highest BCUT2D eigenvalue weighted by atomic mass is 35.5. The van der Waals surface area contributed by atoms with E-state index in [1.807, 2.05) is 118 Å². The first-order valence-corrected chi connectivity index (χ1v) is 50.3. The normalized spacial score (nSPS) is 14.0. The number of para-hydroxylation sites is 2. The van der Waals surface area contributed by atoms with Gasteiger partial charge in [0.25, 0.3) is 0 Å². The molecule has 15 rings (SSSR count). The van der Waals surface area contributed by atoms with E-state index in [0.717, 1.165) is 71.9 Å². The molecule has 2 atom stereocenters. The number of hydrogen-bond acceptors (Lipinski definition) is 20. The molecule has 0 radical (unpaired) electrons. The molecule has 0 fully saturated rings. The molecule has 0 spiro atoms. The summed E-state index contributed by atoms with van der Waals surface area (Å²) in [5.74, 6) is -3.18. The van der Waals surface area contributed by atoms with Gasteiger partial charge in [0.1, 0.15) is 46.7 Å². The molecular weight excluding hydrogens is 1920 g/mol. The van der Waals surface area contributed by atoms with Crippen LogP contribution in [0.3, 0.4) is 0 Å². The van der Waals surface area contributed by atoms with Crippen molar-refractivity contribution in [3.05, 3.63) is 288 Å². The Morgan fingerprint density at radius 3 is 1.58 bits per heavy atom. The number of Topliss-reactive ketones (excluding diaryl/α,β-unsaturated/α-hetero) is 2. The lowest BCUT2D eigenvalue weighted by Crippen LogP contribution is -2.39. The Kier molecular flexibility index (Phi) is 35.5. The molecule has 0 bridgehead atoms. The number of benzene rings is 10. The smallest absolute Gasteiger partial charge is 0.397 e. The Labute approximate surface area is 851 Å². The predicted molar refractivity (Wildman–Crippen MR) is 565 cm³/mol. The van der Waals surface area contributed by atoms with Gasteiger partial charge >= 0.3 is 16.4 Å². The third kappa shape index (κ3) is 27.2. The van der Waals surface area contributed by atoms with Gasteiger partial charge in [-0.15, -0.1) is 10.2 Å². The Bertz CT molecular complexity index is 7210. The molecule has 744 valence electrons. The van der Waals surface area contributed by atoms with Crippen LogP contribution in [0.2, 0.25) is 20.1 Å². The van der Waals surface area contributed by atoms with Crippen LogP contribution in [-0.2, 0) is 74.3 Å². The van der Waals surface area contributed by atoms with E-state index in [0.29, 0.717) is 70.9 Å². The number of nitrogens with one attached hydrogen (secondary N) is 4. The molecule has 5 N–H and O–H groups in total. The van der Waals surface area contributed by atoms with Gasteiger partial charge in [-0.25, -0.2) is 23.3 Å². The van der Waals surface area contributed by atoms with Crippen LogP contribution in [0.4, 0.5) is 39.8 Å². The summed E-state index contributed by atoms with van der Waals surface area (Å²) in [5.41, 5.74) is 15.7. The lowest BCUT2D eigenvalue weighted by Gasteiger charge is -2.25. The van der Waals surface area contributed by atoms with Gasteiger partial charge in [0, 0.05) is 93.2 Å². The number of hydrogen-bond donors (Lipinski definition) is 5. The minimum atomic E-state index is -4.17. The average Bonchev–Trinajstić information content (AvgIpc) is 1.59. The SMILES string of the molecule is CCN1/C(=C\C=C\C2=[N+](CC)c3ccc(Cl)cc3C2(C)C)C(C)(C)c2cc(Cl)ccc21.CCOS(=O)(=O)O.Cc1ccc(OCCCC(=O)Nc2ccc(Cl)c(NC(=O)C(Cn3nnc4ccc(C(=O)Oc5ccccc5)cc43)C(=O)C(C)(C)C)c2)c(C)c1.Cc1ccc(OCCCC(=O)Nc2ccc(Cl)c(NC(=O)C(Cn3nnc4ccc(N=c5sc6ccccc6n5C)cc43)C(=O)C(C)(C)C)c2)c(C)c1. The van der Waals surface area contributed by atoms with Crippen molar-refractivity contribution in [1.29, 1.82) is 0 Å². The van der Waals surface area contributed by atoms with E-state index in [-0.39, 0.29) is 93.7 Å². The maximum atomic E-state index is 13.9. The number of nitrogens with zero attached hydrogens (tertiary/aromatic N) is 10. The third-order valence-corrected chi connectivity index (χ3v) is 26.8. The summed E-state index contributed by atoms with van der Waals surface area (Å²) in [7, 11) is -2.20. The third-order valence-electron chi connectivity index (χ3n) is 24.0. The fraction of sp³-hybridized carbons (Fsp3) is 0.324. The van der Waals surface area contributed by atoms with Crippen molar-refractivity contribution in [3.8, 4) is 17.2 Å². The molecule has 3 aromatic heterocycles. The second-order valence-corrected chi connectivity index (χ2v) is 41.4. The summed E-state index contributed by atoms with van der Waals surface area (Å²) >= 11 is 27.2. The molecule has 0 saturated carbocycles. The first-order chi connectivity index (χ1) is 67.2. The maximum absolute atomic E-state index is 13.9. The number of fused-ring (bicyclic) bond motifs is 5. The van der Waals surface area contributed by atoms with Crippen LogP contribution in [0.1, 0.15) is 159 Å². The van der Waals surface area contributed by atoms with Crippen molar-refractivity contribution in [1.82, 2.24) is 34.6 Å². The zero-order valence-corrected chi connectivity index (χ0v) is 87.4. The van der Waals surface area contributed by atoms with E-state index < -0.39 is 50.8 Å². The number of ketones is 2. The minimum Gasteiger partial charge on any atom is -0.493 e. The van der Waals surface area contributed by atoms with E-state index >= 15 is 0 Å². The number of amides is 4. The van der Waals surface area contributed by atoms with Gasteiger partial charge in [0.15, 0.2) is 22.1 Å². The second kappa shape index (κ2) is 46.8. The van der Waals surface area contributed by atoms with E-state index in [1.165, 1.54) is 45.5 Å². The molecule has 28 nitrogen and oxygen atoms in total. The summed E-state index contributed by atoms with van der Waals surface area (Å²) in [6.07, 6.45) is 8.22. The van der Waals surface area contributed by atoms with E-state index in [2.05, 4.69) is 158 Å². The van der Waals surface area contributed by atoms with Crippen LogP contribution < -0.4 is 45.2 Å². The number of aromatic nitrogens is 7. The van der Waals surface area contributed by atoms with Crippen molar-refractivity contribution in [2.45, 2.75) is 167 Å². The van der Waals surface area contributed by atoms with Crippen molar-refractivity contribution in [2.75, 3.05) is 59.1 Å². The summed E-state index contributed by atoms with van der Waals surface area (Å²) in [4.78, 5) is 102. The first kappa shape index (κ1) is 108. The van der Waals surface area contributed by atoms with Crippen LogP contribution in [0.15, 0.2) is 229 Å². The highest BCUT2D eigenvalue weighted by Crippen LogP contribution is 2.49. The van der Waals surface area contributed by atoms with Gasteiger partial charge in [0.05, 0.1) is 92.2 Å².